The highest BCUT2D eigenvalue weighted by Gasteiger charge is 2.36. The minimum absolute atomic E-state index is 0.0388. The average molecular weight is 305 g/mol. The van der Waals surface area contributed by atoms with Crippen LogP contribution in [0.15, 0.2) is 6.07 Å². The Hall–Kier alpha value is -1.83. The summed E-state index contributed by atoms with van der Waals surface area (Å²) in [5.74, 6) is -0.921. The fourth-order valence-corrected chi connectivity index (χ4v) is 2.93. The molecule has 0 aromatic carbocycles. The first-order chi connectivity index (χ1) is 9.29. The standard InChI is InChI=1S/C12H10F3NO3S/c1-5-8(11(17)19-3)9-10(20-5)6(12(13,14)15)4-7(16-9)18-2/h4H,1-3H3. The molecule has 0 saturated carbocycles. The summed E-state index contributed by atoms with van der Waals surface area (Å²) < 4.78 is 48.5. The normalized spacial score (nSPS) is 11.7. The number of nitrogens with zero attached hydrogens (tertiary/aromatic N) is 1. The number of hydrogen-bond donors (Lipinski definition) is 0. The number of thiophene rings is 1. The van der Waals surface area contributed by atoms with Gasteiger partial charge in [-0.1, -0.05) is 0 Å². The molecule has 0 spiro atoms. The Morgan fingerprint density at radius 3 is 2.50 bits per heavy atom. The van der Waals surface area contributed by atoms with Crippen LogP contribution in [0.4, 0.5) is 13.2 Å². The summed E-state index contributed by atoms with van der Waals surface area (Å²) in [5.41, 5.74) is -0.884. The summed E-state index contributed by atoms with van der Waals surface area (Å²) in [6, 6.07) is 0.819. The minimum atomic E-state index is -4.56. The molecule has 108 valence electrons. The van der Waals surface area contributed by atoms with Crippen LogP contribution in [-0.4, -0.2) is 25.2 Å². The largest absolute Gasteiger partial charge is 0.481 e. The van der Waals surface area contributed by atoms with E-state index in [0.29, 0.717) is 4.88 Å². The molecule has 0 saturated heterocycles. The van der Waals surface area contributed by atoms with Crippen molar-refractivity contribution in [3.63, 3.8) is 0 Å². The van der Waals surface area contributed by atoms with E-state index in [1.807, 2.05) is 0 Å². The Balaban J connectivity index is 2.87. The van der Waals surface area contributed by atoms with Gasteiger partial charge in [-0.2, -0.15) is 13.2 Å². The van der Waals surface area contributed by atoms with Crippen molar-refractivity contribution in [2.24, 2.45) is 0 Å². The molecule has 0 N–H and O–H groups in total. The van der Waals surface area contributed by atoms with Crippen molar-refractivity contribution in [2.45, 2.75) is 13.1 Å². The van der Waals surface area contributed by atoms with Crippen molar-refractivity contribution in [3.8, 4) is 5.88 Å². The lowest BCUT2D eigenvalue weighted by Crippen LogP contribution is -2.07. The fourth-order valence-electron chi connectivity index (χ4n) is 1.81. The van der Waals surface area contributed by atoms with Gasteiger partial charge in [-0.05, 0) is 6.92 Å². The van der Waals surface area contributed by atoms with Gasteiger partial charge in [-0.3, -0.25) is 0 Å². The molecule has 4 nitrogen and oxygen atoms in total. The van der Waals surface area contributed by atoms with Crippen LogP contribution in [0.5, 0.6) is 5.88 Å². The maximum Gasteiger partial charge on any atom is 0.418 e. The van der Waals surface area contributed by atoms with Gasteiger partial charge in [0.25, 0.3) is 0 Å². The van der Waals surface area contributed by atoms with Gasteiger partial charge < -0.3 is 9.47 Å². The number of pyridine rings is 1. The highest BCUT2D eigenvalue weighted by molar-refractivity contribution is 7.19. The summed E-state index contributed by atoms with van der Waals surface area (Å²) in [5, 5.41) is 0. The molecular weight excluding hydrogens is 295 g/mol. The van der Waals surface area contributed by atoms with Crippen LogP contribution < -0.4 is 4.74 Å². The number of esters is 1. The van der Waals surface area contributed by atoms with Gasteiger partial charge in [0.2, 0.25) is 5.88 Å². The van der Waals surface area contributed by atoms with Crippen molar-refractivity contribution in [2.75, 3.05) is 14.2 Å². The summed E-state index contributed by atoms with van der Waals surface area (Å²) in [4.78, 5) is 16.1. The molecule has 0 aliphatic carbocycles. The van der Waals surface area contributed by atoms with Gasteiger partial charge in [-0.15, -0.1) is 11.3 Å². The third-order valence-electron chi connectivity index (χ3n) is 2.70. The first kappa shape index (κ1) is 14.6. The summed E-state index contributed by atoms with van der Waals surface area (Å²) in [6.45, 7) is 1.55. The van der Waals surface area contributed by atoms with Crippen LogP contribution in [0.3, 0.4) is 0 Å². The third kappa shape index (κ3) is 2.31. The zero-order chi connectivity index (χ0) is 15.1. The van der Waals surface area contributed by atoms with Gasteiger partial charge in [0.15, 0.2) is 0 Å². The number of carbonyl (C=O) groups excluding carboxylic acids is 1. The topological polar surface area (TPSA) is 48.4 Å². The molecule has 0 unspecified atom stereocenters. The fraction of sp³-hybridized carbons (Fsp3) is 0.333. The van der Waals surface area contributed by atoms with Gasteiger partial charge in [0.1, 0.15) is 5.52 Å². The van der Waals surface area contributed by atoms with Gasteiger partial charge in [0, 0.05) is 10.9 Å². The van der Waals surface area contributed by atoms with E-state index in [4.69, 9.17) is 4.74 Å². The number of aromatic nitrogens is 1. The number of fused-ring (bicyclic) bond motifs is 1. The molecule has 0 radical (unpaired) electrons. The van der Waals surface area contributed by atoms with Gasteiger partial charge in [0.05, 0.1) is 30.0 Å². The summed E-state index contributed by atoms with van der Waals surface area (Å²) >= 11 is 0.856. The van der Waals surface area contributed by atoms with E-state index in [2.05, 4.69) is 9.72 Å². The molecule has 0 aliphatic heterocycles. The number of carbonyl (C=O) groups is 1. The Labute approximate surface area is 116 Å². The Morgan fingerprint density at radius 1 is 1.35 bits per heavy atom. The lowest BCUT2D eigenvalue weighted by Gasteiger charge is -2.09. The molecule has 8 heteroatoms. The zero-order valence-corrected chi connectivity index (χ0v) is 11.6. The molecular formula is C12H10F3NO3S. The predicted molar refractivity (Wildman–Crippen MR) is 67.3 cm³/mol. The first-order valence-electron chi connectivity index (χ1n) is 5.43. The van der Waals surface area contributed by atoms with Crippen molar-refractivity contribution in [3.05, 3.63) is 22.1 Å². The van der Waals surface area contributed by atoms with Crippen LogP contribution in [-0.2, 0) is 10.9 Å². The van der Waals surface area contributed by atoms with Gasteiger partial charge in [-0.25, -0.2) is 9.78 Å². The number of methoxy groups -OCH3 is 2. The molecule has 0 bridgehead atoms. The SMILES string of the molecule is COC(=O)c1c(C)sc2c(C(F)(F)F)cc(OC)nc12. The summed E-state index contributed by atoms with van der Waals surface area (Å²) in [6.07, 6.45) is -4.56. The smallest absolute Gasteiger partial charge is 0.418 e. The second-order valence-corrected chi connectivity index (χ2v) is 5.14. The molecule has 0 amide bonds. The highest BCUT2D eigenvalue weighted by atomic mass is 32.1. The molecule has 2 rings (SSSR count). The number of aryl methyl sites for hydroxylation is 1. The van der Waals surface area contributed by atoms with Crippen LogP contribution in [0.2, 0.25) is 0 Å². The maximum absolute atomic E-state index is 13.1. The lowest BCUT2D eigenvalue weighted by molar-refractivity contribution is -0.136. The lowest BCUT2D eigenvalue weighted by atomic mass is 10.1. The Kier molecular flexibility index (Phi) is 3.59. The molecule has 2 aromatic rings. The van der Waals surface area contributed by atoms with Crippen LogP contribution in [0.25, 0.3) is 10.2 Å². The quantitative estimate of drug-likeness (QED) is 0.798. The Bertz CT molecular complexity index is 679. The van der Waals surface area contributed by atoms with E-state index in [0.717, 1.165) is 24.5 Å². The van der Waals surface area contributed by atoms with Crippen molar-refractivity contribution < 1.29 is 27.4 Å². The first-order valence-corrected chi connectivity index (χ1v) is 6.25. The van der Waals surface area contributed by atoms with E-state index in [-0.39, 0.29) is 21.7 Å². The van der Waals surface area contributed by atoms with E-state index in [9.17, 15) is 18.0 Å². The van der Waals surface area contributed by atoms with E-state index in [1.165, 1.54) is 7.11 Å². The maximum atomic E-state index is 13.1. The number of alkyl halides is 3. The average Bonchev–Trinajstić information content (AvgIpc) is 2.71. The molecule has 20 heavy (non-hydrogen) atoms. The monoisotopic (exact) mass is 305 g/mol. The number of hydrogen-bond acceptors (Lipinski definition) is 5. The van der Waals surface area contributed by atoms with Crippen molar-refractivity contribution >= 4 is 27.5 Å². The van der Waals surface area contributed by atoms with Crippen LogP contribution in [0, 0.1) is 6.92 Å². The summed E-state index contributed by atoms with van der Waals surface area (Å²) in [7, 11) is 2.38. The molecule has 2 heterocycles. The second-order valence-electron chi connectivity index (χ2n) is 3.91. The minimum Gasteiger partial charge on any atom is -0.481 e. The third-order valence-corrected chi connectivity index (χ3v) is 3.83. The number of halogens is 3. The van der Waals surface area contributed by atoms with Gasteiger partial charge >= 0.3 is 12.1 Å². The van der Waals surface area contributed by atoms with E-state index in [1.54, 1.807) is 6.92 Å². The zero-order valence-electron chi connectivity index (χ0n) is 10.8. The van der Waals surface area contributed by atoms with Crippen LogP contribution >= 0.6 is 11.3 Å². The van der Waals surface area contributed by atoms with Crippen molar-refractivity contribution in [1.29, 1.82) is 0 Å². The van der Waals surface area contributed by atoms with Crippen molar-refractivity contribution in [1.82, 2.24) is 4.98 Å². The number of ether oxygens (including phenoxy) is 2. The van der Waals surface area contributed by atoms with Crippen LogP contribution in [0.1, 0.15) is 20.8 Å². The highest BCUT2D eigenvalue weighted by Crippen LogP contribution is 2.41. The van der Waals surface area contributed by atoms with E-state index >= 15 is 0 Å². The molecule has 2 aromatic heterocycles. The van der Waals surface area contributed by atoms with E-state index < -0.39 is 17.7 Å². The predicted octanol–water partition coefficient (Wildman–Crippen LogP) is 3.42. The number of rotatable bonds is 2. The molecule has 0 aliphatic rings. The molecule has 0 fully saturated rings. The molecule has 0 atom stereocenters. The second kappa shape index (κ2) is 4.93. The Morgan fingerprint density at radius 2 is 2.00 bits per heavy atom.